The second kappa shape index (κ2) is 4.51. The van der Waals surface area contributed by atoms with Gasteiger partial charge in [-0.15, -0.1) is 0 Å². The van der Waals surface area contributed by atoms with Crippen LogP contribution in [-0.4, -0.2) is 41.5 Å². The van der Waals surface area contributed by atoms with Gasteiger partial charge in [-0.2, -0.15) is 4.98 Å². The molecule has 1 aromatic heterocycles. The largest absolute Gasteiger partial charge is 0.368 e. The summed E-state index contributed by atoms with van der Waals surface area (Å²) in [4.78, 5) is 10.1. The molecule has 0 radical (unpaired) electrons. The van der Waals surface area contributed by atoms with E-state index < -0.39 is 0 Å². The molecule has 0 bridgehead atoms. The third-order valence-electron chi connectivity index (χ3n) is 2.41. The van der Waals surface area contributed by atoms with E-state index in [1.54, 1.807) is 0 Å². The number of rotatable bonds is 3. The second-order valence-corrected chi connectivity index (χ2v) is 4.55. The van der Waals surface area contributed by atoms with Crippen LogP contribution in [0.4, 0.5) is 5.82 Å². The first-order valence-electron chi connectivity index (χ1n) is 4.75. The predicted octanol–water partition coefficient (Wildman–Crippen LogP) is 1.76. The summed E-state index contributed by atoms with van der Waals surface area (Å²) in [5.41, 5.74) is 0. The molecule has 4 nitrogen and oxygen atoms in total. The molecule has 0 spiro atoms. The molecule has 1 N–H and O–H groups in total. The molecule has 1 aliphatic heterocycles. The summed E-state index contributed by atoms with van der Waals surface area (Å²) in [5.74, 6) is 1.28. The van der Waals surface area contributed by atoms with Gasteiger partial charge in [0.1, 0.15) is 10.8 Å². The van der Waals surface area contributed by atoms with Gasteiger partial charge < -0.3 is 10.2 Å². The van der Waals surface area contributed by atoms with Gasteiger partial charge in [0, 0.05) is 25.6 Å². The zero-order valence-corrected chi connectivity index (χ0v) is 9.89. The smallest absolute Gasteiger partial charge is 0.224 e. The van der Waals surface area contributed by atoms with Gasteiger partial charge >= 0.3 is 0 Å². The lowest BCUT2D eigenvalue weighted by atomic mass is 10.0. The van der Waals surface area contributed by atoms with Crippen molar-refractivity contribution in [2.75, 3.05) is 32.0 Å². The summed E-state index contributed by atoms with van der Waals surface area (Å²) < 4.78 is 0. The van der Waals surface area contributed by atoms with E-state index in [9.17, 15) is 0 Å². The van der Waals surface area contributed by atoms with Crippen molar-refractivity contribution in [3.8, 4) is 0 Å². The maximum Gasteiger partial charge on any atom is 0.224 e. The lowest BCUT2D eigenvalue weighted by Gasteiger charge is -2.36. The third kappa shape index (κ3) is 2.71. The molecule has 15 heavy (non-hydrogen) atoms. The van der Waals surface area contributed by atoms with Gasteiger partial charge in [0.15, 0.2) is 0 Å². The Labute approximate surface area is 98.6 Å². The minimum Gasteiger partial charge on any atom is -0.368 e. The molecule has 0 aromatic carbocycles. The van der Waals surface area contributed by atoms with Crippen LogP contribution in [0.25, 0.3) is 0 Å². The molecule has 2 heterocycles. The van der Waals surface area contributed by atoms with E-state index >= 15 is 0 Å². The van der Waals surface area contributed by atoms with Gasteiger partial charge in [-0.05, 0) is 18.6 Å². The fourth-order valence-corrected chi connectivity index (χ4v) is 1.96. The number of aromatic nitrogens is 2. The van der Waals surface area contributed by atoms with Crippen molar-refractivity contribution in [1.82, 2.24) is 14.9 Å². The van der Waals surface area contributed by atoms with Crippen LogP contribution in [0, 0.1) is 5.92 Å². The summed E-state index contributed by atoms with van der Waals surface area (Å²) in [5, 5.41) is 3.90. The molecular weight excluding hydrogens is 235 g/mol. The van der Waals surface area contributed by atoms with Gasteiger partial charge in [0.05, 0.1) is 6.20 Å². The molecule has 6 heteroatoms. The minimum atomic E-state index is 0.215. The Bertz CT molecular complexity index is 352. The highest BCUT2D eigenvalue weighted by molar-refractivity contribution is 6.33. The van der Waals surface area contributed by atoms with Crippen molar-refractivity contribution in [3.05, 3.63) is 16.5 Å². The molecule has 0 atom stereocenters. The number of halogens is 2. The van der Waals surface area contributed by atoms with Gasteiger partial charge in [0.25, 0.3) is 0 Å². The van der Waals surface area contributed by atoms with E-state index in [-0.39, 0.29) is 5.28 Å². The summed E-state index contributed by atoms with van der Waals surface area (Å²) in [6, 6.07) is 0. The first kappa shape index (κ1) is 10.9. The quantitative estimate of drug-likeness (QED) is 0.826. The number of nitrogens with zero attached hydrogens (tertiary/aromatic N) is 3. The molecule has 2 rings (SSSR count). The maximum absolute atomic E-state index is 5.91. The van der Waals surface area contributed by atoms with Gasteiger partial charge in [-0.1, -0.05) is 11.6 Å². The third-order valence-corrected chi connectivity index (χ3v) is 2.87. The topological polar surface area (TPSA) is 41.0 Å². The SMILES string of the molecule is CN1CC(CNc2nc(Cl)ncc2Cl)C1. The Morgan fingerprint density at radius 2 is 2.27 bits per heavy atom. The molecule has 1 aliphatic rings. The van der Waals surface area contributed by atoms with Crippen LogP contribution in [0.5, 0.6) is 0 Å². The summed E-state index contributed by atoms with van der Waals surface area (Å²) in [6.07, 6.45) is 1.51. The number of nitrogens with one attached hydrogen (secondary N) is 1. The molecule has 82 valence electrons. The van der Waals surface area contributed by atoms with E-state index in [2.05, 4.69) is 27.2 Å². The monoisotopic (exact) mass is 246 g/mol. The Morgan fingerprint density at radius 3 is 2.93 bits per heavy atom. The Balaban J connectivity index is 1.90. The standard InChI is InChI=1S/C9H12Cl2N4/c1-15-4-6(5-15)2-12-8-7(10)3-13-9(11)14-8/h3,6H,2,4-5H2,1H3,(H,12,13,14). The summed E-state index contributed by atoms with van der Waals surface area (Å²) in [6.45, 7) is 3.10. The number of hydrogen-bond donors (Lipinski definition) is 1. The van der Waals surface area contributed by atoms with Gasteiger partial charge in [0.2, 0.25) is 5.28 Å². The van der Waals surface area contributed by atoms with Crippen molar-refractivity contribution in [1.29, 1.82) is 0 Å². The highest BCUT2D eigenvalue weighted by Gasteiger charge is 2.22. The number of likely N-dealkylation sites (tertiary alicyclic amines) is 1. The van der Waals surface area contributed by atoms with Crippen LogP contribution >= 0.6 is 23.2 Å². The predicted molar refractivity (Wildman–Crippen MR) is 61.5 cm³/mol. The van der Waals surface area contributed by atoms with Gasteiger partial charge in [-0.3, -0.25) is 0 Å². The first-order valence-corrected chi connectivity index (χ1v) is 5.51. The summed E-state index contributed by atoms with van der Waals surface area (Å²) in [7, 11) is 2.10. The van der Waals surface area contributed by atoms with E-state index in [1.165, 1.54) is 6.20 Å². The van der Waals surface area contributed by atoms with Crippen LogP contribution in [0.3, 0.4) is 0 Å². The zero-order chi connectivity index (χ0) is 10.8. The fraction of sp³-hybridized carbons (Fsp3) is 0.556. The van der Waals surface area contributed by atoms with Crippen molar-refractivity contribution in [2.24, 2.45) is 5.92 Å². The Kier molecular flexibility index (Phi) is 3.29. The molecule has 1 saturated heterocycles. The molecule has 0 amide bonds. The molecule has 1 fully saturated rings. The molecule has 0 unspecified atom stereocenters. The second-order valence-electron chi connectivity index (χ2n) is 3.80. The summed E-state index contributed by atoms with van der Waals surface area (Å²) >= 11 is 11.6. The molecule has 0 aliphatic carbocycles. The lowest BCUT2D eigenvalue weighted by Crippen LogP contribution is -2.46. The average Bonchev–Trinajstić information content (AvgIpc) is 2.16. The maximum atomic E-state index is 5.91. The zero-order valence-electron chi connectivity index (χ0n) is 8.37. The van der Waals surface area contributed by atoms with Crippen LogP contribution in [-0.2, 0) is 0 Å². The number of hydrogen-bond acceptors (Lipinski definition) is 4. The van der Waals surface area contributed by atoms with E-state index in [1.807, 2.05) is 0 Å². The average molecular weight is 247 g/mol. The highest BCUT2D eigenvalue weighted by Crippen LogP contribution is 2.21. The minimum absolute atomic E-state index is 0.215. The fourth-order valence-electron chi connectivity index (χ4n) is 1.67. The molecule has 1 aromatic rings. The highest BCUT2D eigenvalue weighted by atomic mass is 35.5. The van der Waals surface area contributed by atoms with Crippen LogP contribution in [0.2, 0.25) is 10.3 Å². The molecule has 0 saturated carbocycles. The van der Waals surface area contributed by atoms with Crippen molar-refractivity contribution >= 4 is 29.0 Å². The first-order chi connectivity index (χ1) is 7.15. The number of anilines is 1. The van der Waals surface area contributed by atoms with Crippen molar-refractivity contribution in [2.45, 2.75) is 0 Å². The molecular formula is C9H12Cl2N4. The van der Waals surface area contributed by atoms with Crippen molar-refractivity contribution < 1.29 is 0 Å². The Hall–Kier alpha value is -0.580. The normalized spacial score (nSPS) is 17.5. The van der Waals surface area contributed by atoms with Gasteiger partial charge in [-0.25, -0.2) is 4.98 Å². The van der Waals surface area contributed by atoms with E-state index in [0.717, 1.165) is 19.6 Å². The van der Waals surface area contributed by atoms with E-state index in [4.69, 9.17) is 23.2 Å². The van der Waals surface area contributed by atoms with Crippen molar-refractivity contribution in [3.63, 3.8) is 0 Å². The lowest BCUT2D eigenvalue weighted by molar-refractivity contribution is 0.144. The Morgan fingerprint density at radius 1 is 1.53 bits per heavy atom. The van der Waals surface area contributed by atoms with Crippen LogP contribution in [0.1, 0.15) is 0 Å². The van der Waals surface area contributed by atoms with Crippen LogP contribution < -0.4 is 5.32 Å². The van der Waals surface area contributed by atoms with E-state index in [0.29, 0.717) is 16.8 Å². The van der Waals surface area contributed by atoms with Crippen LogP contribution in [0.15, 0.2) is 6.20 Å².